The number of halogens is 1. The average Bonchev–Trinajstić information content (AvgIpc) is 2.99. The molecule has 4 rings (SSSR count). The fourth-order valence-electron chi connectivity index (χ4n) is 2.79. The van der Waals surface area contributed by atoms with Crippen LogP contribution in [0, 0.1) is 5.41 Å². The molecule has 3 aromatic rings. The molecule has 7 heteroatoms. The molecule has 0 bridgehead atoms. The van der Waals surface area contributed by atoms with Crippen LogP contribution in [0.2, 0.25) is 0 Å². The van der Waals surface area contributed by atoms with Gasteiger partial charge in [-0.25, -0.2) is 5.01 Å². The molecule has 6 nitrogen and oxygen atoms in total. The minimum Gasteiger partial charge on any atom is -0.494 e. The van der Waals surface area contributed by atoms with Crippen molar-refractivity contribution in [1.29, 1.82) is 5.41 Å². The maximum atomic E-state index is 12.4. The zero-order valence-electron chi connectivity index (χ0n) is 13.4. The van der Waals surface area contributed by atoms with Gasteiger partial charge in [0.1, 0.15) is 10.9 Å². The van der Waals surface area contributed by atoms with Crippen molar-refractivity contribution in [3.8, 4) is 5.88 Å². The van der Waals surface area contributed by atoms with Crippen LogP contribution in [0.5, 0.6) is 5.88 Å². The third-order valence-electron chi connectivity index (χ3n) is 4.04. The number of hydrogen-bond donors (Lipinski definition) is 3. The van der Waals surface area contributed by atoms with Crippen LogP contribution in [-0.4, -0.2) is 15.9 Å². The quantitative estimate of drug-likeness (QED) is 0.605. The largest absolute Gasteiger partial charge is 0.494 e. The van der Waals surface area contributed by atoms with Crippen molar-refractivity contribution in [3.63, 3.8) is 0 Å². The van der Waals surface area contributed by atoms with E-state index in [-0.39, 0.29) is 22.6 Å². The van der Waals surface area contributed by atoms with E-state index < -0.39 is 5.56 Å². The maximum Gasteiger partial charge on any atom is 0.260 e. The fraction of sp³-hybridized carbons (Fsp3) is 0. The molecule has 1 aliphatic heterocycles. The van der Waals surface area contributed by atoms with Crippen LogP contribution >= 0.6 is 15.9 Å². The summed E-state index contributed by atoms with van der Waals surface area (Å²) in [7, 11) is 0. The predicted molar refractivity (Wildman–Crippen MR) is 103 cm³/mol. The van der Waals surface area contributed by atoms with Gasteiger partial charge in [-0.15, -0.1) is 0 Å². The van der Waals surface area contributed by atoms with Crippen LogP contribution in [0.25, 0.3) is 6.08 Å². The number of aromatic amines is 1. The summed E-state index contributed by atoms with van der Waals surface area (Å²) >= 11 is 3.38. The predicted octanol–water partition coefficient (Wildman–Crippen LogP) is 2.05. The number of aromatic hydroxyl groups is 1. The highest BCUT2D eigenvalue weighted by Crippen LogP contribution is 2.21. The Kier molecular flexibility index (Phi) is 3.93. The summed E-state index contributed by atoms with van der Waals surface area (Å²) in [4.78, 5) is 14.8. The minimum atomic E-state index is -0.462. The molecule has 0 spiro atoms. The zero-order valence-corrected chi connectivity index (χ0v) is 15.0. The summed E-state index contributed by atoms with van der Waals surface area (Å²) < 4.78 is 0.932. The first kappa shape index (κ1) is 16.3. The van der Waals surface area contributed by atoms with Gasteiger partial charge in [0, 0.05) is 4.47 Å². The molecule has 0 saturated carbocycles. The van der Waals surface area contributed by atoms with Gasteiger partial charge in [0.15, 0.2) is 5.84 Å². The Morgan fingerprint density at radius 2 is 1.81 bits per heavy atom. The minimum absolute atomic E-state index is 0.00501. The van der Waals surface area contributed by atoms with Crippen LogP contribution in [0.15, 0.2) is 69.0 Å². The van der Waals surface area contributed by atoms with E-state index in [4.69, 9.17) is 5.41 Å². The van der Waals surface area contributed by atoms with E-state index in [0.29, 0.717) is 10.9 Å². The molecule has 0 saturated heterocycles. The van der Waals surface area contributed by atoms with Gasteiger partial charge < -0.3 is 5.11 Å². The number of hydrogen-bond acceptors (Lipinski definition) is 4. The summed E-state index contributed by atoms with van der Waals surface area (Å²) in [5.74, 6) is -0.351. The van der Waals surface area contributed by atoms with Crippen molar-refractivity contribution in [2.45, 2.75) is 0 Å². The Bertz CT molecular complexity index is 1190. The highest BCUT2D eigenvalue weighted by atomic mass is 79.9. The molecule has 0 fully saturated rings. The van der Waals surface area contributed by atoms with Crippen molar-refractivity contribution < 1.29 is 5.11 Å². The zero-order chi connectivity index (χ0) is 18.3. The van der Waals surface area contributed by atoms with Crippen LogP contribution in [0.1, 0.15) is 11.1 Å². The van der Waals surface area contributed by atoms with Gasteiger partial charge in [-0.2, -0.15) is 5.10 Å². The molecule has 26 heavy (non-hydrogen) atoms. The molecule has 1 aromatic heterocycles. The van der Waals surface area contributed by atoms with Crippen LogP contribution in [-0.2, 0) is 0 Å². The Hall–Kier alpha value is -3.19. The molecule has 0 unspecified atom stereocenters. The molecular weight excluding hydrogens is 396 g/mol. The third kappa shape index (κ3) is 2.72. The maximum absolute atomic E-state index is 12.4. The van der Waals surface area contributed by atoms with E-state index in [1.54, 1.807) is 18.2 Å². The van der Waals surface area contributed by atoms with E-state index in [1.165, 1.54) is 5.01 Å². The first-order valence-corrected chi connectivity index (χ1v) is 8.59. The molecule has 128 valence electrons. The van der Waals surface area contributed by atoms with Gasteiger partial charge >= 0.3 is 0 Å². The SMILES string of the molecule is N=C1c2c(O)[nH]c(=O)c(=Cc3ccc(Br)cc3)c2=NN1c1ccccc1. The Labute approximate surface area is 156 Å². The van der Waals surface area contributed by atoms with Gasteiger partial charge in [0.05, 0.1) is 10.9 Å². The normalized spacial score (nSPS) is 13.7. The van der Waals surface area contributed by atoms with Crippen molar-refractivity contribution in [1.82, 2.24) is 4.98 Å². The number of para-hydroxylation sites is 1. The van der Waals surface area contributed by atoms with E-state index in [2.05, 4.69) is 26.0 Å². The third-order valence-corrected chi connectivity index (χ3v) is 4.56. The fourth-order valence-corrected chi connectivity index (χ4v) is 3.06. The number of nitrogens with zero attached hydrogens (tertiary/aromatic N) is 2. The van der Waals surface area contributed by atoms with E-state index in [0.717, 1.165) is 10.0 Å². The van der Waals surface area contributed by atoms with Crippen molar-refractivity contribution in [2.24, 2.45) is 5.10 Å². The van der Waals surface area contributed by atoms with E-state index in [9.17, 15) is 9.90 Å². The van der Waals surface area contributed by atoms with Crippen molar-refractivity contribution in [3.05, 3.63) is 91.1 Å². The number of rotatable bonds is 2. The number of amidine groups is 1. The number of aromatic nitrogens is 1. The van der Waals surface area contributed by atoms with Gasteiger partial charge in [-0.1, -0.05) is 46.3 Å². The smallest absolute Gasteiger partial charge is 0.260 e. The first-order valence-electron chi connectivity index (χ1n) is 7.80. The number of nitrogens with one attached hydrogen (secondary N) is 2. The number of benzene rings is 2. The van der Waals surface area contributed by atoms with E-state index >= 15 is 0 Å². The van der Waals surface area contributed by atoms with Gasteiger partial charge in [-0.05, 0) is 35.9 Å². The average molecular weight is 409 g/mol. The molecule has 0 amide bonds. The molecule has 3 N–H and O–H groups in total. The van der Waals surface area contributed by atoms with E-state index in [1.807, 2.05) is 42.5 Å². The molecule has 2 aromatic carbocycles. The molecule has 0 aliphatic carbocycles. The molecule has 0 radical (unpaired) electrons. The molecular formula is C19H13BrN4O2. The highest BCUT2D eigenvalue weighted by molar-refractivity contribution is 9.10. The highest BCUT2D eigenvalue weighted by Gasteiger charge is 2.26. The second kappa shape index (κ2) is 6.27. The summed E-state index contributed by atoms with van der Waals surface area (Å²) in [5.41, 5.74) is 1.23. The van der Waals surface area contributed by atoms with Crippen molar-refractivity contribution in [2.75, 3.05) is 5.01 Å². The lowest BCUT2D eigenvalue weighted by Crippen LogP contribution is -2.42. The topological polar surface area (TPSA) is 92.5 Å². The van der Waals surface area contributed by atoms with Crippen LogP contribution < -0.4 is 21.1 Å². The first-order chi connectivity index (χ1) is 12.5. The lowest BCUT2D eigenvalue weighted by atomic mass is 10.1. The Morgan fingerprint density at radius 1 is 1.12 bits per heavy atom. The second-order valence-corrected chi connectivity index (χ2v) is 6.65. The van der Waals surface area contributed by atoms with Crippen LogP contribution in [0.4, 0.5) is 5.69 Å². The summed E-state index contributed by atoms with van der Waals surface area (Å²) in [5, 5.41) is 24.9. The number of H-pyrrole nitrogens is 1. The van der Waals surface area contributed by atoms with Gasteiger partial charge in [0.25, 0.3) is 5.56 Å². The summed E-state index contributed by atoms with van der Waals surface area (Å²) in [6, 6.07) is 16.6. The standard InChI is InChI=1S/C19H13BrN4O2/c20-12-8-6-11(7-9-12)10-14-16-15(19(26)22-18(14)25)17(21)24(23-16)13-4-2-1-3-5-13/h1-10,21,26H,(H,22,25). The number of anilines is 1. The Balaban J connectivity index is 1.98. The van der Waals surface area contributed by atoms with Crippen molar-refractivity contribution >= 4 is 33.5 Å². The molecule has 0 atom stereocenters. The monoisotopic (exact) mass is 408 g/mol. The van der Waals surface area contributed by atoms with Gasteiger partial charge in [0.2, 0.25) is 5.88 Å². The van der Waals surface area contributed by atoms with Gasteiger partial charge in [-0.3, -0.25) is 15.2 Å². The lowest BCUT2D eigenvalue weighted by Gasteiger charge is -2.13. The summed E-state index contributed by atoms with van der Waals surface area (Å²) in [6.45, 7) is 0. The second-order valence-electron chi connectivity index (χ2n) is 5.73. The van der Waals surface area contributed by atoms with Crippen LogP contribution in [0.3, 0.4) is 0 Å². The summed E-state index contributed by atoms with van der Waals surface area (Å²) in [6.07, 6.45) is 1.69. The lowest BCUT2D eigenvalue weighted by molar-refractivity contribution is 0.449. The number of fused-ring (bicyclic) bond motifs is 1. The molecule has 2 heterocycles. The Morgan fingerprint density at radius 3 is 2.50 bits per heavy atom. The number of pyridine rings is 1. The molecule has 1 aliphatic rings.